The Balaban J connectivity index is 3.01. The van der Waals surface area contributed by atoms with Crippen molar-refractivity contribution in [1.29, 1.82) is 0 Å². The first kappa shape index (κ1) is 11.8. The predicted octanol–water partition coefficient (Wildman–Crippen LogP) is 2.93. The fourth-order valence-electron chi connectivity index (χ4n) is 1.12. The Labute approximate surface area is 93.1 Å². The van der Waals surface area contributed by atoms with Crippen molar-refractivity contribution in [3.8, 4) is 0 Å². The summed E-state index contributed by atoms with van der Waals surface area (Å²) in [5, 5.41) is 8.68. The van der Waals surface area contributed by atoms with Gasteiger partial charge in [0.1, 0.15) is 5.92 Å². The SMILES string of the molecule is OCC(c1cccc(I)c1)C(F)(F)F. The zero-order valence-electron chi connectivity index (χ0n) is 7.05. The molecule has 0 saturated carbocycles. The van der Waals surface area contributed by atoms with Crippen LogP contribution in [0.5, 0.6) is 0 Å². The van der Waals surface area contributed by atoms with Crippen molar-refractivity contribution in [2.45, 2.75) is 12.1 Å². The molecule has 0 radical (unpaired) electrons. The highest BCUT2D eigenvalue weighted by atomic mass is 127. The Hall–Kier alpha value is -0.300. The number of alkyl halides is 3. The number of aliphatic hydroxyl groups is 1. The first-order valence-corrected chi connectivity index (χ1v) is 4.96. The normalized spacial score (nSPS) is 14.1. The van der Waals surface area contributed by atoms with E-state index in [4.69, 9.17) is 5.11 Å². The van der Waals surface area contributed by atoms with E-state index in [0.717, 1.165) is 3.57 Å². The van der Waals surface area contributed by atoms with Crippen LogP contribution in [0.15, 0.2) is 24.3 Å². The number of hydrogen-bond acceptors (Lipinski definition) is 1. The quantitative estimate of drug-likeness (QED) is 0.832. The van der Waals surface area contributed by atoms with Crippen molar-refractivity contribution < 1.29 is 18.3 Å². The minimum absolute atomic E-state index is 0.104. The lowest BCUT2D eigenvalue weighted by Gasteiger charge is -2.18. The van der Waals surface area contributed by atoms with Gasteiger partial charge in [-0.25, -0.2) is 0 Å². The van der Waals surface area contributed by atoms with E-state index in [1.54, 1.807) is 12.1 Å². The minimum Gasteiger partial charge on any atom is -0.395 e. The van der Waals surface area contributed by atoms with E-state index >= 15 is 0 Å². The number of hydrogen-bond donors (Lipinski definition) is 1. The highest BCUT2D eigenvalue weighted by Crippen LogP contribution is 2.34. The van der Waals surface area contributed by atoms with E-state index in [0.29, 0.717) is 0 Å². The molecule has 0 aromatic heterocycles. The van der Waals surface area contributed by atoms with Crippen LogP contribution < -0.4 is 0 Å². The molecule has 0 saturated heterocycles. The summed E-state index contributed by atoms with van der Waals surface area (Å²) in [5.74, 6) is -1.78. The molecule has 78 valence electrons. The molecular weight excluding hydrogens is 308 g/mol. The Morgan fingerprint density at radius 2 is 2.00 bits per heavy atom. The molecule has 1 rings (SSSR count). The van der Waals surface area contributed by atoms with Crippen LogP contribution in [0.2, 0.25) is 0 Å². The zero-order chi connectivity index (χ0) is 10.8. The van der Waals surface area contributed by atoms with Gasteiger partial charge in [-0.05, 0) is 40.3 Å². The van der Waals surface area contributed by atoms with Crippen LogP contribution in [-0.4, -0.2) is 17.9 Å². The summed E-state index contributed by atoms with van der Waals surface area (Å²) in [5.41, 5.74) is 0.104. The first-order valence-electron chi connectivity index (χ1n) is 3.88. The van der Waals surface area contributed by atoms with Gasteiger partial charge in [-0.1, -0.05) is 12.1 Å². The maximum atomic E-state index is 12.4. The van der Waals surface area contributed by atoms with Crippen molar-refractivity contribution >= 4 is 22.6 Å². The molecule has 1 aromatic rings. The van der Waals surface area contributed by atoms with E-state index in [9.17, 15) is 13.2 Å². The van der Waals surface area contributed by atoms with Crippen molar-refractivity contribution in [2.75, 3.05) is 6.61 Å². The van der Waals surface area contributed by atoms with Crippen LogP contribution in [0.3, 0.4) is 0 Å². The van der Waals surface area contributed by atoms with E-state index in [1.807, 2.05) is 22.6 Å². The van der Waals surface area contributed by atoms with Crippen molar-refractivity contribution in [3.05, 3.63) is 33.4 Å². The molecule has 0 bridgehead atoms. The average Bonchev–Trinajstić information content (AvgIpc) is 2.02. The van der Waals surface area contributed by atoms with Gasteiger partial charge >= 0.3 is 6.18 Å². The fraction of sp³-hybridized carbons (Fsp3) is 0.333. The second-order valence-corrected chi connectivity index (χ2v) is 4.08. The van der Waals surface area contributed by atoms with Gasteiger partial charge in [0.2, 0.25) is 0 Å². The fourth-order valence-corrected chi connectivity index (χ4v) is 1.69. The third-order valence-corrected chi connectivity index (χ3v) is 2.50. The highest BCUT2D eigenvalue weighted by molar-refractivity contribution is 14.1. The molecule has 5 heteroatoms. The molecule has 0 spiro atoms. The molecule has 0 aliphatic carbocycles. The van der Waals surface area contributed by atoms with Gasteiger partial charge in [0.05, 0.1) is 6.61 Å². The molecule has 1 nitrogen and oxygen atoms in total. The minimum atomic E-state index is -4.39. The number of aliphatic hydroxyl groups excluding tert-OH is 1. The lowest BCUT2D eigenvalue weighted by molar-refractivity contribution is -0.158. The van der Waals surface area contributed by atoms with Crippen LogP contribution in [0.1, 0.15) is 11.5 Å². The van der Waals surface area contributed by atoms with Gasteiger partial charge < -0.3 is 5.11 Å². The first-order chi connectivity index (χ1) is 6.45. The summed E-state index contributed by atoms with van der Waals surface area (Å²) in [6, 6.07) is 6.05. The third-order valence-electron chi connectivity index (χ3n) is 1.83. The van der Waals surface area contributed by atoms with Gasteiger partial charge in [0.15, 0.2) is 0 Å². The lowest BCUT2D eigenvalue weighted by Crippen LogP contribution is -2.24. The predicted molar refractivity (Wildman–Crippen MR) is 55.0 cm³/mol. The molecule has 1 aromatic carbocycles. The Morgan fingerprint density at radius 3 is 2.43 bits per heavy atom. The van der Waals surface area contributed by atoms with Gasteiger partial charge in [0.25, 0.3) is 0 Å². The summed E-state index contributed by atoms with van der Waals surface area (Å²) in [4.78, 5) is 0. The lowest BCUT2D eigenvalue weighted by atomic mass is 10.00. The summed E-state index contributed by atoms with van der Waals surface area (Å²) in [6.07, 6.45) is -4.39. The Bertz CT molecular complexity index is 311. The molecule has 1 unspecified atom stereocenters. The second-order valence-electron chi connectivity index (χ2n) is 2.83. The van der Waals surface area contributed by atoms with E-state index in [-0.39, 0.29) is 5.56 Å². The summed E-state index contributed by atoms with van der Waals surface area (Å²) in [7, 11) is 0. The highest BCUT2D eigenvalue weighted by Gasteiger charge is 2.40. The molecule has 14 heavy (non-hydrogen) atoms. The van der Waals surface area contributed by atoms with Crippen molar-refractivity contribution in [2.24, 2.45) is 0 Å². The van der Waals surface area contributed by atoms with Crippen LogP contribution >= 0.6 is 22.6 Å². The maximum absolute atomic E-state index is 12.4. The standard InChI is InChI=1S/C9H8F3IO/c10-9(11,12)8(5-14)6-2-1-3-7(13)4-6/h1-4,8,14H,5H2. The van der Waals surface area contributed by atoms with Crippen LogP contribution in [0, 0.1) is 3.57 Å². The smallest absolute Gasteiger partial charge is 0.395 e. The van der Waals surface area contributed by atoms with E-state index < -0.39 is 18.7 Å². The molecule has 0 heterocycles. The van der Waals surface area contributed by atoms with E-state index in [2.05, 4.69) is 0 Å². The monoisotopic (exact) mass is 316 g/mol. The van der Waals surface area contributed by atoms with Crippen LogP contribution in [-0.2, 0) is 0 Å². The van der Waals surface area contributed by atoms with Crippen molar-refractivity contribution in [1.82, 2.24) is 0 Å². The number of benzene rings is 1. The summed E-state index contributed by atoms with van der Waals surface area (Å²) < 4.78 is 37.9. The molecule has 0 fully saturated rings. The molecule has 0 aliphatic rings. The van der Waals surface area contributed by atoms with Gasteiger partial charge in [-0.15, -0.1) is 0 Å². The van der Waals surface area contributed by atoms with Crippen molar-refractivity contribution in [3.63, 3.8) is 0 Å². The van der Waals surface area contributed by atoms with Gasteiger partial charge in [-0.3, -0.25) is 0 Å². The Kier molecular flexibility index (Phi) is 3.77. The summed E-state index contributed by atoms with van der Waals surface area (Å²) >= 11 is 1.93. The zero-order valence-corrected chi connectivity index (χ0v) is 9.21. The second kappa shape index (κ2) is 4.48. The molecule has 1 atom stereocenters. The van der Waals surface area contributed by atoms with E-state index in [1.165, 1.54) is 12.1 Å². The average molecular weight is 316 g/mol. The largest absolute Gasteiger partial charge is 0.397 e. The molecule has 0 aliphatic heterocycles. The topological polar surface area (TPSA) is 20.2 Å². The maximum Gasteiger partial charge on any atom is 0.397 e. The van der Waals surface area contributed by atoms with Crippen LogP contribution in [0.4, 0.5) is 13.2 Å². The third kappa shape index (κ3) is 2.84. The van der Waals surface area contributed by atoms with Gasteiger partial charge in [0, 0.05) is 3.57 Å². The molecule has 1 N–H and O–H groups in total. The Morgan fingerprint density at radius 1 is 1.36 bits per heavy atom. The van der Waals surface area contributed by atoms with Crippen LogP contribution in [0.25, 0.3) is 0 Å². The number of halogens is 4. The summed E-state index contributed by atoms with van der Waals surface area (Å²) in [6.45, 7) is -0.913. The molecular formula is C9H8F3IO. The number of rotatable bonds is 2. The van der Waals surface area contributed by atoms with Gasteiger partial charge in [-0.2, -0.15) is 13.2 Å². The molecule has 0 amide bonds.